The molecule has 0 unspecified atom stereocenters. The predicted molar refractivity (Wildman–Crippen MR) is 79.9 cm³/mol. The average molecular weight is 273 g/mol. The molecule has 0 aliphatic heterocycles. The monoisotopic (exact) mass is 273 g/mol. The summed E-state index contributed by atoms with van der Waals surface area (Å²) in [6.07, 6.45) is 0.594. The van der Waals surface area contributed by atoms with Crippen molar-refractivity contribution in [3.63, 3.8) is 0 Å². The molecule has 0 aromatic heterocycles. The van der Waals surface area contributed by atoms with Crippen molar-refractivity contribution >= 4 is 0 Å². The van der Waals surface area contributed by atoms with Crippen LogP contribution in [0.15, 0.2) is 30.3 Å². The van der Waals surface area contributed by atoms with Crippen molar-refractivity contribution in [3.8, 4) is 11.5 Å². The Morgan fingerprint density at radius 1 is 1.15 bits per heavy atom. The molecule has 0 saturated carbocycles. The van der Waals surface area contributed by atoms with E-state index in [1.807, 2.05) is 32.9 Å². The van der Waals surface area contributed by atoms with Gasteiger partial charge in [0.05, 0.1) is 0 Å². The highest BCUT2D eigenvalue weighted by Crippen LogP contribution is 2.32. The highest BCUT2D eigenvalue weighted by atomic mass is 19.1. The molecule has 0 heterocycles. The molecule has 0 saturated heterocycles. The van der Waals surface area contributed by atoms with Gasteiger partial charge in [-0.1, -0.05) is 18.2 Å². The zero-order valence-electron chi connectivity index (χ0n) is 12.2. The number of para-hydroxylation sites is 1. The first kappa shape index (κ1) is 14.5. The van der Waals surface area contributed by atoms with Crippen molar-refractivity contribution in [1.82, 2.24) is 0 Å². The summed E-state index contributed by atoms with van der Waals surface area (Å²) in [5, 5.41) is 0. The second-order valence-corrected chi connectivity index (χ2v) is 5.07. The van der Waals surface area contributed by atoms with E-state index in [9.17, 15) is 4.39 Å². The Morgan fingerprint density at radius 2 is 1.90 bits per heavy atom. The van der Waals surface area contributed by atoms with E-state index in [0.29, 0.717) is 18.7 Å². The maximum Gasteiger partial charge on any atom is 0.166 e. The third kappa shape index (κ3) is 2.99. The number of nitrogens with two attached hydrogens (primary N) is 1. The summed E-state index contributed by atoms with van der Waals surface area (Å²) < 4.78 is 19.9. The van der Waals surface area contributed by atoms with E-state index in [-0.39, 0.29) is 11.6 Å². The summed E-state index contributed by atoms with van der Waals surface area (Å²) in [6.45, 7) is 6.47. The minimum atomic E-state index is -0.352. The lowest BCUT2D eigenvalue weighted by atomic mass is 10.1. The Morgan fingerprint density at radius 3 is 2.60 bits per heavy atom. The molecule has 2 aromatic carbocycles. The number of aryl methyl sites for hydroxylation is 2. The zero-order valence-corrected chi connectivity index (χ0v) is 12.2. The molecular weight excluding hydrogens is 253 g/mol. The van der Waals surface area contributed by atoms with Crippen LogP contribution < -0.4 is 10.5 Å². The quantitative estimate of drug-likeness (QED) is 0.912. The fourth-order valence-electron chi connectivity index (χ4n) is 2.24. The van der Waals surface area contributed by atoms with Crippen LogP contribution in [0.5, 0.6) is 11.5 Å². The highest BCUT2D eigenvalue weighted by Gasteiger charge is 2.13. The molecule has 0 aliphatic carbocycles. The Kier molecular flexibility index (Phi) is 4.40. The standard InChI is InChI=1S/C17H20FNO/c1-11-9-12(2)13(3)16(10-11)20-17-14(7-8-19)5-4-6-15(17)18/h4-6,9-10H,7-8,19H2,1-3H3. The average Bonchev–Trinajstić information content (AvgIpc) is 2.39. The van der Waals surface area contributed by atoms with Gasteiger partial charge in [0.15, 0.2) is 11.6 Å². The second-order valence-electron chi connectivity index (χ2n) is 5.07. The highest BCUT2D eigenvalue weighted by molar-refractivity contribution is 5.46. The third-order valence-corrected chi connectivity index (χ3v) is 3.44. The van der Waals surface area contributed by atoms with E-state index in [2.05, 4.69) is 6.07 Å². The van der Waals surface area contributed by atoms with E-state index < -0.39 is 0 Å². The molecular formula is C17H20FNO. The van der Waals surface area contributed by atoms with Gasteiger partial charge in [0, 0.05) is 0 Å². The molecule has 2 rings (SSSR count). The molecule has 0 amide bonds. The Hall–Kier alpha value is -1.87. The van der Waals surface area contributed by atoms with Crippen molar-refractivity contribution in [3.05, 3.63) is 58.4 Å². The molecule has 2 N–H and O–H groups in total. The lowest BCUT2D eigenvalue weighted by molar-refractivity contribution is 0.433. The van der Waals surface area contributed by atoms with Gasteiger partial charge < -0.3 is 10.5 Å². The fourth-order valence-corrected chi connectivity index (χ4v) is 2.24. The van der Waals surface area contributed by atoms with Gasteiger partial charge in [0.1, 0.15) is 5.75 Å². The third-order valence-electron chi connectivity index (χ3n) is 3.44. The number of rotatable bonds is 4. The predicted octanol–water partition coefficient (Wildman–Crippen LogP) is 4.04. The van der Waals surface area contributed by atoms with Crippen LogP contribution in [0.2, 0.25) is 0 Å². The van der Waals surface area contributed by atoms with Gasteiger partial charge in [0.2, 0.25) is 0 Å². The molecule has 20 heavy (non-hydrogen) atoms. The lowest BCUT2D eigenvalue weighted by Gasteiger charge is -2.15. The smallest absolute Gasteiger partial charge is 0.166 e. The minimum absolute atomic E-state index is 0.283. The number of halogens is 1. The summed E-state index contributed by atoms with van der Waals surface area (Å²) in [7, 11) is 0. The molecule has 0 fully saturated rings. The topological polar surface area (TPSA) is 35.2 Å². The first-order chi connectivity index (χ1) is 9.52. The first-order valence-corrected chi connectivity index (χ1v) is 6.76. The van der Waals surface area contributed by atoms with Crippen LogP contribution in [0, 0.1) is 26.6 Å². The Bertz CT molecular complexity index is 623. The molecule has 0 atom stereocenters. The molecule has 0 bridgehead atoms. The van der Waals surface area contributed by atoms with Crippen LogP contribution in [0.25, 0.3) is 0 Å². The summed E-state index contributed by atoms with van der Waals surface area (Å²) in [4.78, 5) is 0. The van der Waals surface area contributed by atoms with E-state index in [1.54, 1.807) is 6.07 Å². The summed E-state index contributed by atoms with van der Waals surface area (Å²) in [5.41, 5.74) is 9.63. The SMILES string of the molecule is Cc1cc(C)c(C)c(Oc2c(F)cccc2CCN)c1. The normalized spacial score (nSPS) is 10.7. The number of benzene rings is 2. The van der Waals surface area contributed by atoms with Crippen LogP contribution >= 0.6 is 0 Å². The van der Waals surface area contributed by atoms with Crippen molar-refractivity contribution in [2.24, 2.45) is 5.73 Å². The molecule has 0 spiro atoms. The van der Waals surface area contributed by atoms with E-state index in [1.165, 1.54) is 6.07 Å². The first-order valence-electron chi connectivity index (χ1n) is 6.76. The van der Waals surface area contributed by atoms with Crippen LogP contribution in [-0.2, 0) is 6.42 Å². The summed E-state index contributed by atoms with van der Waals surface area (Å²) in [6, 6.07) is 8.96. The maximum absolute atomic E-state index is 14.0. The maximum atomic E-state index is 14.0. The molecule has 106 valence electrons. The van der Waals surface area contributed by atoms with Crippen LogP contribution in [0.1, 0.15) is 22.3 Å². The largest absolute Gasteiger partial charge is 0.454 e. The van der Waals surface area contributed by atoms with Gasteiger partial charge in [-0.2, -0.15) is 0 Å². The molecule has 0 radical (unpaired) electrons. The van der Waals surface area contributed by atoms with E-state index in [4.69, 9.17) is 10.5 Å². The van der Waals surface area contributed by atoms with Crippen LogP contribution in [0.3, 0.4) is 0 Å². The van der Waals surface area contributed by atoms with Crippen molar-refractivity contribution < 1.29 is 9.13 Å². The Labute approximate surface area is 119 Å². The van der Waals surface area contributed by atoms with Gasteiger partial charge >= 0.3 is 0 Å². The molecule has 0 aliphatic rings. The lowest BCUT2D eigenvalue weighted by Crippen LogP contribution is -2.05. The van der Waals surface area contributed by atoms with Crippen molar-refractivity contribution in [1.29, 1.82) is 0 Å². The van der Waals surface area contributed by atoms with Gasteiger partial charge in [0.25, 0.3) is 0 Å². The Balaban J connectivity index is 2.44. The van der Waals surface area contributed by atoms with Crippen molar-refractivity contribution in [2.75, 3.05) is 6.54 Å². The molecule has 3 heteroatoms. The second kappa shape index (κ2) is 6.06. The fraction of sp³-hybridized carbons (Fsp3) is 0.294. The molecule has 2 aromatic rings. The van der Waals surface area contributed by atoms with Gasteiger partial charge in [-0.15, -0.1) is 0 Å². The van der Waals surface area contributed by atoms with Crippen molar-refractivity contribution in [2.45, 2.75) is 27.2 Å². The summed E-state index contributed by atoms with van der Waals surface area (Å²) in [5.74, 6) is 0.631. The van der Waals surface area contributed by atoms with Crippen LogP contribution in [0.4, 0.5) is 4.39 Å². The van der Waals surface area contributed by atoms with E-state index in [0.717, 1.165) is 22.3 Å². The molecule has 2 nitrogen and oxygen atoms in total. The minimum Gasteiger partial charge on any atom is -0.454 e. The van der Waals surface area contributed by atoms with Crippen LogP contribution in [-0.4, -0.2) is 6.54 Å². The number of ether oxygens (including phenoxy) is 1. The van der Waals surface area contributed by atoms with Gasteiger partial charge in [-0.3, -0.25) is 0 Å². The van der Waals surface area contributed by atoms with E-state index >= 15 is 0 Å². The number of hydrogen-bond donors (Lipinski definition) is 1. The van der Waals surface area contributed by atoms with Gasteiger partial charge in [-0.05, 0) is 68.1 Å². The summed E-state index contributed by atoms with van der Waals surface area (Å²) >= 11 is 0. The zero-order chi connectivity index (χ0) is 14.7. The van der Waals surface area contributed by atoms with Gasteiger partial charge in [-0.25, -0.2) is 4.39 Å². The number of hydrogen-bond acceptors (Lipinski definition) is 2.